The molecule has 0 unspecified atom stereocenters. The molecule has 5 heteroatoms. The number of anilines is 1. The van der Waals surface area contributed by atoms with Gasteiger partial charge in [0.1, 0.15) is 0 Å². The highest BCUT2D eigenvalue weighted by Gasteiger charge is 2.17. The van der Waals surface area contributed by atoms with Gasteiger partial charge in [0.2, 0.25) is 5.91 Å². The third-order valence-electron chi connectivity index (χ3n) is 4.10. The summed E-state index contributed by atoms with van der Waals surface area (Å²) < 4.78 is 18.7. The predicted octanol–water partition coefficient (Wildman–Crippen LogP) is 3.63. The van der Waals surface area contributed by atoms with Gasteiger partial charge in [0.15, 0.2) is 11.6 Å². The van der Waals surface area contributed by atoms with Crippen molar-refractivity contribution in [2.75, 3.05) is 32.1 Å². The van der Waals surface area contributed by atoms with Crippen molar-refractivity contribution in [3.63, 3.8) is 0 Å². The smallest absolute Gasteiger partial charge is 0.241 e. The van der Waals surface area contributed by atoms with Crippen molar-refractivity contribution in [3.05, 3.63) is 59.4 Å². The lowest BCUT2D eigenvalue weighted by Gasteiger charge is -2.26. The average Bonchev–Trinajstić information content (AvgIpc) is 2.57. The van der Waals surface area contributed by atoms with Crippen LogP contribution in [-0.2, 0) is 11.3 Å². The molecule has 2 rings (SSSR count). The molecule has 25 heavy (non-hydrogen) atoms. The van der Waals surface area contributed by atoms with E-state index in [0.717, 1.165) is 16.8 Å². The second kappa shape index (κ2) is 8.62. The SMILES string of the molecule is CCN(C(=O)CN(C)Cc1ccc(OC)c(F)c1)c1ccccc1C. The molecule has 0 radical (unpaired) electrons. The van der Waals surface area contributed by atoms with E-state index in [-0.39, 0.29) is 18.2 Å². The van der Waals surface area contributed by atoms with Crippen LogP contribution in [0.5, 0.6) is 5.75 Å². The minimum Gasteiger partial charge on any atom is -0.494 e. The Morgan fingerprint density at radius 1 is 1.20 bits per heavy atom. The van der Waals surface area contributed by atoms with Crippen LogP contribution in [-0.4, -0.2) is 38.1 Å². The number of ether oxygens (including phenoxy) is 1. The zero-order valence-electron chi connectivity index (χ0n) is 15.3. The van der Waals surface area contributed by atoms with Crippen LogP contribution in [0.1, 0.15) is 18.1 Å². The topological polar surface area (TPSA) is 32.8 Å². The standard InChI is InChI=1S/C20H25FN2O2/c1-5-23(18-9-7-6-8-15(18)2)20(24)14-22(3)13-16-10-11-19(25-4)17(21)12-16/h6-12H,5,13-14H2,1-4H3. The number of methoxy groups -OCH3 is 1. The van der Waals surface area contributed by atoms with Crippen molar-refractivity contribution in [2.24, 2.45) is 0 Å². The lowest BCUT2D eigenvalue weighted by atomic mass is 10.1. The summed E-state index contributed by atoms with van der Waals surface area (Å²) in [5.41, 5.74) is 2.80. The fraction of sp³-hybridized carbons (Fsp3) is 0.350. The van der Waals surface area contributed by atoms with E-state index in [2.05, 4.69) is 0 Å². The van der Waals surface area contributed by atoms with Crippen molar-refractivity contribution in [3.8, 4) is 5.75 Å². The summed E-state index contributed by atoms with van der Waals surface area (Å²) in [4.78, 5) is 16.3. The number of para-hydroxylation sites is 1. The Balaban J connectivity index is 2.03. The Bertz CT molecular complexity index is 733. The molecule has 0 fully saturated rings. The van der Waals surface area contributed by atoms with Crippen LogP contribution in [0.3, 0.4) is 0 Å². The van der Waals surface area contributed by atoms with Crippen molar-refractivity contribution < 1.29 is 13.9 Å². The van der Waals surface area contributed by atoms with Crippen molar-refractivity contribution in [2.45, 2.75) is 20.4 Å². The maximum absolute atomic E-state index is 13.8. The van der Waals surface area contributed by atoms with Crippen LogP contribution in [0.15, 0.2) is 42.5 Å². The summed E-state index contributed by atoms with van der Waals surface area (Å²) in [7, 11) is 3.29. The van der Waals surface area contributed by atoms with E-state index in [4.69, 9.17) is 4.74 Å². The van der Waals surface area contributed by atoms with Crippen molar-refractivity contribution in [1.29, 1.82) is 0 Å². The summed E-state index contributed by atoms with van der Waals surface area (Å²) in [6, 6.07) is 12.7. The van der Waals surface area contributed by atoms with Gasteiger partial charge in [-0.15, -0.1) is 0 Å². The molecule has 2 aromatic rings. The maximum Gasteiger partial charge on any atom is 0.241 e. The monoisotopic (exact) mass is 344 g/mol. The largest absolute Gasteiger partial charge is 0.494 e. The third-order valence-corrected chi connectivity index (χ3v) is 4.10. The van der Waals surface area contributed by atoms with E-state index in [1.807, 2.05) is 56.1 Å². The Hall–Kier alpha value is -2.40. The first-order valence-electron chi connectivity index (χ1n) is 8.33. The molecule has 0 atom stereocenters. The first kappa shape index (κ1) is 18.9. The fourth-order valence-electron chi connectivity index (χ4n) is 2.84. The van der Waals surface area contributed by atoms with Gasteiger partial charge in [-0.3, -0.25) is 9.69 Å². The quantitative estimate of drug-likeness (QED) is 0.769. The van der Waals surface area contributed by atoms with Crippen molar-refractivity contribution >= 4 is 11.6 Å². The second-order valence-corrected chi connectivity index (χ2v) is 6.07. The molecule has 0 aliphatic heterocycles. The molecule has 134 valence electrons. The van der Waals surface area contributed by atoms with Crippen LogP contribution in [0.2, 0.25) is 0 Å². The predicted molar refractivity (Wildman–Crippen MR) is 98.5 cm³/mol. The van der Waals surface area contributed by atoms with Crippen LogP contribution in [0.4, 0.5) is 10.1 Å². The minimum absolute atomic E-state index is 0.0216. The van der Waals surface area contributed by atoms with Gasteiger partial charge in [0.05, 0.1) is 13.7 Å². The first-order chi connectivity index (χ1) is 12.0. The number of carbonyl (C=O) groups is 1. The van der Waals surface area contributed by atoms with Crippen LogP contribution >= 0.6 is 0 Å². The van der Waals surface area contributed by atoms with Gasteiger partial charge >= 0.3 is 0 Å². The van der Waals surface area contributed by atoms with Crippen LogP contribution < -0.4 is 9.64 Å². The summed E-state index contributed by atoms with van der Waals surface area (Å²) in [6.45, 7) is 5.31. The summed E-state index contributed by atoms with van der Waals surface area (Å²) >= 11 is 0. The second-order valence-electron chi connectivity index (χ2n) is 6.07. The Morgan fingerprint density at radius 3 is 2.52 bits per heavy atom. The molecule has 0 aliphatic rings. The van der Waals surface area contributed by atoms with Crippen molar-refractivity contribution in [1.82, 2.24) is 4.90 Å². The van der Waals surface area contributed by atoms with Crippen LogP contribution in [0, 0.1) is 12.7 Å². The van der Waals surface area contributed by atoms with E-state index in [0.29, 0.717) is 13.1 Å². The van der Waals surface area contributed by atoms with E-state index in [1.54, 1.807) is 11.0 Å². The highest BCUT2D eigenvalue weighted by molar-refractivity contribution is 5.95. The number of benzene rings is 2. The molecular formula is C20H25FN2O2. The number of aryl methyl sites for hydroxylation is 1. The summed E-state index contributed by atoms with van der Waals surface area (Å²) in [5.74, 6) is -0.151. The normalized spacial score (nSPS) is 10.8. The highest BCUT2D eigenvalue weighted by atomic mass is 19.1. The van der Waals surface area contributed by atoms with Gasteiger partial charge < -0.3 is 9.64 Å². The first-order valence-corrected chi connectivity index (χ1v) is 8.33. The number of carbonyl (C=O) groups excluding carboxylic acids is 1. The van der Waals surface area contributed by atoms with E-state index < -0.39 is 5.82 Å². The molecule has 0 bridgehead atoms. The van der Waals surface area contributed by atoms with E-state index >= 15 is 0 Å². The third kappa shape index (κ3) is 4.79. The Labute approximate surface area is 148 Å². The maximum atomic E-state index is 13.8. The van der Waals surface area contributed by atoms with Gasteiger partial charge in [0.25, 0.3) is 0 Å². The molecule has 4 nitrogen and oxygen atoms in total. The molecule has 0 saturated heterocycles. The zero-order chi connectivity index (χ0) is 18.4. The number of amides is 1. The molecule has 2 aromatic carbocycles. The van der Waals surface area contributed by atoms with Gasteiger partial charge in [-0.1, -0.05) is 24.3 Å². The molecule has 0 heterocycles. The summed E-state index contributed by atoms with van der Waals surface area (Å²) in [6.07, 6.45) is 0. The number of likely N-dealkylation sites (N-methyl/N-ethyl adjacent to an activating group) is 2. The fourth-order valence-corrected chi connectivity index (χ4v) is 2.84. The van der Waals surface area contributed by atoms with Gasteiger partial charge in [-0.2, -0.15) is 0 Å². The number of nitrogens with zero attached hydrogens (tertiary/aromatic N) is 2. The zero-order valence-corrected chi connectivity index (χ0v) is 15.3. The minimum atomic E-state index is -0.394. The molecular weight excluding hydrogens is 319 g/mol. The van der Waals surface area contributed by atoms with Gasteiger partial charge in [-0.05, 0) is 50.2 Å². The molecule has 0 spiro atoms. The number of rotatable bonds is 7. The number of hydrogen-bond acceptors (Lipinski definition) is 3. The van der Waals surface area contributed by atoms with E-state index in [1.165, 1.54) is 13.2 Å². The van der Waals surface area contributed by atoms with Gasteiger partial charge in [0, 0.05) is 18.8 Å². The van der Waals surface area contributed by atoms with Crippen LogP contribution in [0.25, 0.3) is 0 Å². The summed E-state index contributed by atoms with van der Waals surface area (Å²) in [5, 5.41) is 0. The lowest BCUT2D eigenvalue weighted by molar-refractivity contribution is -0.119. The van der Waals surface area contributed by atoms with Gasteiger partial charge in [-0.25, -0.2) is 4.39 Å². The molecule has 0 N–H and O–H groups in total. The highest BCUT2D eigenvalue weighted by Crippen LogP contribution is 2.20. The Kier molecular flexibility index (Phi) is 6.53. The number of halogens is 1. The molecule has 0 saturated carbocycles. The average molecular weight is 344 g/mol. The molecule has 0 aromatic heterocycles. The molecule has 1 amide bonds. The lowest BCUT2D eigenvalue weighted by Crippen LogP contribution is -2.39. The van der Waals surface area contributed by atoms with E-state index in [9.17, 15) is 9.18 Å². The molecule has 0 aliphatic carbocycles. The Morgan fingerprint density at radius 2 is 1.92 bits per heavy atom. The number of hydrogen-bond donors (Lipinski definition) is 0.